The zero-order chi connectivity index (χ0) is 65.6. The highest BCUT2D eigenvalue weighted by Crippen LogP contribution is 2.36. The van der Waals surface area contributed by atoms with Gasteiger partial charge in [0, 0.05) is 98.1 Å². The molecule has 4 saturated heterocycles. The van der Waals surface area contributed by atoms with Crippen LogP contribution in [-0.2, 0) is 38.1 Å². The average molecular weight is 1300 g/mol. The number of anilines is 2. The number of carbonyl (C=O) groups is 4. The van der Waals surface area contributed by atoms with Crippen LogP contribution in [0.15, 0.2) is 80.7 Å². The number of methoxy groups -OCH3 is 4. The van der Waals surface area contributed by atoms with Crippen molar-refractivity contribution in [3.63, 3.8) is 0 Å². The molecule has 4 fully saturated rings. The highest BCUT2D eigenvalue weighted by atomic mass is 32.1. The summed E-state index contributed by atoms with van der Waals surface area (Å²) in [6.07, 6.45) is 2.67. The predicted molar refractivity (Wildman–Crippen MR) is 348 cm³/mol. The molecule has 4 aromatic heterocycles. The molecule has 0 saturated carbocycles. The van der Waals surface area contributed by atoms with Gasteiger partial charge < -0.3 is 74.0 Å². The maximum Gasteiger partial charge on any atom is 0.314 e. The van der Waals surface area contributed by atoms with E-state index in [1.165, 1.54) is 9.78 Å². The molecule has 25 heteroatoms. The molecule has 10 rings (SSSR count). The molecule has 6 N–H and O–H groups in total. The van der Waals surface area contributed by atoms with Crippen LogP contribution in [0.2, 0.25) is 0 Å². The minimum atomic E-state index is -0.885. The first kappa shape index (κ1) is 70.2. The van der Waals surface area contributed by atoms with Gasteiger partial charge in [-0.25, -0.2) is 9.97 Å². The molecule has 0 radical (unpaired) electrons. The second kappa shape index (κ2) is 32.7. The normalized spacial score (nSPS) is 20.3. The number of nitrogens with zero attached hydrogens (tertiary/aromatic N) is 7. The van der Waals surface area contributed by atoms with E-state index in [4.69, 9.17) is 28.0 Å². The molecular weight excluding hydrogens is 1200 g/mol. The molecule has 0 bridgehead atoms. The van der Waals surface area contributed by atoms with Crippen molar-refractivity contribution in [3.8, 4) is 20.9 Å². The maximum atomic E-state index is 14.1. The number of hydrogen-bond acceptors (Lipinski definition) is 21. The number of rotatable bonds is 22. The van der Waals surface area contributed by atoms with Crippen molar-refractivity contribution >= 4 is 58.0 Å². The van der Waals surface area contributed by atoms with Gasteiger partial charge in [-0.05, 0) is 93.9 Å². The Labute approximate surface area is 541 Å². The van der Waals surface area contributed by atoms with E-state index in [0.29, 0.717) is 48.0 Å². The van der Waals surface area contributed by atoms with Crippen molar-refractivity contribution in [3.05, 3.63) is 106 Å². The van der Waals surface area contributed by atoms with E-state index in [9.17, 15) is 34.5 Å². The van der Waals surface area contributed by atoms with Crippen LogP contribution in [0.5, 0.6) is 0 Å². The second-order valence-electron chi connectivity index (χ2n) is 24.8. The van der Waals surface area contributed by atoms with E-state index in [-0.39, 0.29) is 73.2 Å². The molecule has 23 nitrogen and oxygen atoms in total. The number of aliphatic hydroxyl groups is 2. The number of β-amino-alcohol motifs (C(OH)–C–C–N with tert-alkyl or cyclic N) is 2. The molecular formula is C66H92N10O13S2. The standard InChI is InChI=1S/C33H45N5O6S.C17H21N3O2S.C16H26N2O5/c1-19(2)29(27-16-28(36-44-27)37-13-11-24(12-14-37)33(42-5)43-6)32(41)38-17-25(39)15-26(38)31(40)35-20(3)22-7-9-23(10-8-22)30-21(4)34-18-45-30;1-10(20-17(22)15-7-14(21)8-18-15)12-3-5-13(6-4-12)16-11(2)19-9-23-16;1-10(2)14(15(19)20)12-9-13(17-23-12)18-7-5-11(6-8-18)16(21-3)22-4/h7-10,16,18-20,24-26,29,33,39H,11-15,17H2,1-6H3,(H,35,40);3-6,9-10,14-15,18,21H,7-8H2,1-2H3,(H,20,22);9-11,14,16H,5-8H2,1-4H3,(H,19,20)/t20-,25+,26-,29?;10-,14+,15-;/m00./s1. The van der Waals surface area contributed by atoms with Gasteiger partial charge in [0.05, 0.1) is 62.5 Å². The number of thiazole rings is 2. The fourth-order valence-electron chi connectivity index (χ4n) is 12.6. The minimum absolute atomic E-state index is 0.0526. The number of benzene rings is 2. The molecule has 4 aliphatic heterocycles. The lowest BCUT2D eigenvalue weighted by Crippen LogP contribution is -2.48. The highest BCUT2D eigenvalue weighted by molar-refractivity contribution is 7.13. The first-order valence-electron chi connectivity index (χ1n) is 31.4. The summed E-state index contributed by atoms with van der Waals surface area (Å²) >= 11 is 3.23. The molecule has 8 atom stereocenters. The largest absolute Gasteiger partial charge is 0.481 e. The number of aromatic nitrogens is 4. The Morgan fingerprint density at radius 2 is 1.04 bits per heavy atom. The smallest absolute Gasteiger partial charge is 0.314 e. The number of aryl methyl sites for hydroxylation is 2. The van der Waals surface area contributed by atoms with E-state index >= 15 is 0 Å². The Balaban J connectivity index is 0.000000194. The lowest BCUT2D eigenvalue weighted by Gasteiger charge is -2.34. The van der Waals surface area contributed by atoms with Crippen molar-refractivity contribution < 1.29 is 62.5 Å². The van der Waals surface area contributed by atoms with Crippen LogP contribution in [0, 0.1) is 37.5 Å². The monoisotopic (exact) mass is 1300 g/mol. The van der Waals surface area contributed by atoms with Crippen LogP contribution in [0.4, 0.5) is 11.6 Å². The van der Waals surface area contributed by atoms with Crippen molar-refractivity contribution in [2.24, 2.45) is 23.7 Å². The number of aliphatic hydroxyl groups excluding tert-OH is 2. The Morgan fingerprint density at radius 1 is 0.615 bits per heavy atom. The lowest BCUT2D eigenvalue weighted by atomic mass is 9.91. The number of ether oxygens (including phenoxy) is 4. The van der Waals surface area contributed by atoms with E-state index in [1.54, 1.807) is 57.2 Å². The quantitative estimate of drug-likeness (QED) is 0.0346. The predicted octanol–water partition coefficient (Wildman–Crippen LogP) is 8.87. The Hall–Kier alpha value is -6.68. The van der Waals surface area contributed by atoms with Gasteiger partial charge in [0.15, 0.2) is 35.7 Å². The summed E-state index contributed by atoms with van der Waals surface area (Å²) in [4.78, 5) is 67.9. The number of carboxylic acid groups (broad SMARTS) is 1. The van der Waals surface area contributed by atoms with Crippen molar-refractivity contribution in [2.45, 2.75) is 155 Å². The summed E-state index contributed by atoms with van der Waals surface area (Å²) in [6.45, 7) is 19.3. The third kappa shape index (κ3) is 17.7. The van der Waals surface area contributed by atoms with Crippen LogP contribution in [0.1, 0.15) is 138 Å². The van der Waals surface area contributed by atoms with Crippen molar-refractivity contribution in [1.29, 1.82) is 0 Å². The summed E-state index contributed by atoms with van der Waals surface area (Å²) in [5.41, 5.74) is 9.95. The molecule has 2 unspecified atom stereocenters. The van der Waals surface area contributed by atoms with Crippen molar-refractivity contribution in [1.82, 2.24) is 41.1 Å². The van der Waals surface area contributed by atoms with Crippen LogP contribution in [0.25, 0.3) is 20.9 Å². The number of piperidine rings is 2. The van der Waals surface area contributed by atoms with Gasteiger partial charge in [-0.1, -0.05) is 86.5 Å². The van der Waals surface area contributed by atoms with Gasteiger partial charge in [0.25, 0.3) is 0 Å². The maximum absolute atomic E-state index is 14.1. The van der Waals surface area contributed by atoms with Crippen LogP contribution in [0.3, 0.4) is 0 Å². The summed E-state index contributed by atoms with van der Waals surface area (Å²) in [6, 6.07) is 18.4. The van der Waals surface area contributed by atoms with E-state index in [1.807, 2.05) is 109 Å². The Morgan fingerprint density at radius 3 is 1.42 bits per heavy atom. The minimum Gasteiger partial charge on any atom is -0.481 e. The number of nitrogens with one attached hydrogen (secondary N) is 3. The fourth-order valence-corrected chi connectivity index (χ4v) is 14.2. The third-order valence-corrected chi connectivity index (χ3v) is 19.7. The number of likely N-dealkylation sites (tertiary alicyclic amines) is 1. The first-order valence-corrected chi connectivity index (χ1v) is 33.2. The lowest BCUT2D eigenvalue weighted by molar-refractivity contribution is -0.141. The van der Waals surface area contributed by atoms with Gasteiger partial charge >= 0.3 is 5.97 Å². The average Bonchev–Trinajstić information content (AvgIpc) is 1.75. The summed E-state index contributed by atoms with van der Waals surface area (Å²) in [5, 5.41) is 46.9. The number of carboxylic acids is 1. The van der Waals surface area contributed by atoms with Crippen LogP contribution < -0.4 is 25.8 Å². The topological polar surface area (TPSA) is 290 Å². The summed E-state index contributed by atoms with van der Waals surface area (Å²) in [7, 11) is 6.63. The zero-order valence-electron chi connectivity index (χ0n) is 54.4. The van der Waals surface area contributed by atoms with Gasteiger partial charge in [-0.3, -0.25) is 19.2 Å². The fraction of sp³-hybridized carbons (Fsp3) is 0.576. The number of hydrogen-bond donors (Lipinski definition) is 6. The van der Waals surface area contributed by atoms with E-state index < -0.39 is 36.1 Å². The van der Waals surface area contributed by atoms with Crippen molar-refractivity contribution in [2.75, 3.05) is 77.5 Å². The molecule has 3 amide bonds. The van der Waals surface area contributed by atoms with Crippen LogP contribution >= 0.6 is 22.7 Å². The number of amides is 3. The Bertz CT molecular complexity index is 3260. The number of aliphatic carboxylic acids is 1. The molecule has 8 heterocycles. The van der Waals surface area contributed by atoms with Crippen LogP contribution in [-0.4, -0.2) is 169 Å². The van der Waals surface area contributed by atoms with E-state index in [0.717, 1.165) is 90.4 Å². The summed E-state index contributed by atoms with van der Waals surface area (Å²) < 4.78 is 32.6. The molecule has 2 aromatic carbocycles. The van der Waals surface area contributed by atoms with Gasteiger partial charge in [0.2, 0.25) is 17.7 Å². The molecule has 6 aromatic rings. The summed E-state index contributed by atoms with van der Waals surface area (Å²) in [5.74, 6) is -0.0323. The molecule has 0 aliphatic carbocycles. The molecule has 0 spiro atoms. The second-order valence-corrected chi connectivity index (χ2v) is 26.5. The first-order chi connectivity index (χ1) is 43.6. The highest BCUT2D eigenvalue weighted by Gasteiger charge is 2.44. The van der Waals surface area contributed by atoms with Gasteiger partial charge in [0.1, 0.15) is 17.9 Å². The SMILES string of the molecule is COC(OC)C1CCN(c2cc(C(C(=O)N3C[C@H](O)C[C@H]3C(=O)N[C@@H](C)c3ccc(-c4scnc4C)cc3)C(C)C)on2)CC1.COC(OC)C1CCN(c2cc(C(C(=O)O)C(C)C)on2)CC1.Cc1ncsc1-c1ccc([C@H](C)NC(=O)[C@@H]2C[C@@H](O)CN2)cc1. The van der Waals surface area contributed by atoms with E-state index in [2.05, 4.69) is 58.2 Å². The molecule has 91 heavy (non-hydrogen) atoms. The third-order valence-electron chi connectivity index (χ3n) is 17.8. The van der Waals surface area contributed by atoms with Gasteiger partial charge in [-0.2, -0.15) is 0 Å². The Kier molecular flexibility index (Phi) is 25.3. The number of carbonyl (C=O) groups excluding carboxylic acids is 3. The molecule has 4 aliphatic rings. The zero-order valence-corrected chi connectivity index (χ0v) is 56.0. The van der Waals surface area contributed by atoms with Gasteiger partial charge in [-0.15, -0.1) is 22.7 Å². The molecule has 496 valence electrons.